The zero-order chi connectivity index (χ0) is 17.6. The maximum absolute atomic E-state index is 12.3. The number of aromatic nitrogens is 1. The van der Waals surface area contributed by atoms with Crippen LogP contribution in [-0.2, 0) is 17.6 Å². The Morgan fingerprint density at radius 2 is 1.92 bits per heavy atom. The summed E-state index contributed by atoms with van der Waals surface area (Å²) in [5.74, 6) is 1.28. The van der Waals surface area contributed by atoms with Crippen LogP contribution >= 0.6 is 0 Å². The standard InChI is InChI=1S/C20H20N2O3/c1-3-14-6-4-5-7-18(14)21-20(23)13-16-12-19(25-22-16)15-8-10-17(24-2)11-9-15/h4-12H,3,13H2,1-2H3,(H,21,23). The first-order valence-electron chi connectivity index (χ1n) is 8.17. The molecular weight excluding hydrogens is 316 g/mol. The van der Waals surface area contributed by atoms with Crippen molar-refractivity contribution in [2.45, 2.75) is 19.8 Å². The number of nitrogens with one attached hydrogen (secondary N) is 1. The summed E-state index contributed by atoms with van der Waals surface area (Å²) in [4.78, 5) is 12.3. The lowest BCUT2D eigenvalue weighted by atomic mass is 10.1. The molecule has 0 radical (unpaired) electrons. The lowest BCUT2D eigenvalue weighted by molar-refractivity contribution is -0.115. The van der Waals surface area contributed by atoms with Gasteiger partial charge in [-0.1, -0.05) is 30.3 Å². The molecule has 0 atom stereocenters. The monoisotopic (exact) mass is 336 g/mol. The van der Waals surface area contributed by atoms with Crippen LogP contribution in [0.5, 0.6) is 5.75 Å². The van der Waals surface area contributed by atoms with Crippen molar-refractivity contribution in [1.82, 2.24) is 5.16 Å². The summed E-state index contributed by atoms with van der Waals surface area (Å²) < 4.78 is 10.5. The SMILES string of the molecule is CCc1ccccc1NC(=O)Cc1cc(-c2ccc(OC)cc2)on1. The second kappa shape index (κ2) is 7.66. The molecule has 0 saturated carbocycles. The number of para-hydroxylation sites is 1. The van der Waals surface area contributed by atoms with E-state index < -0.39 is 0 Å². The molecule has 2 aromatic carbocycles. The Morgan fingerprint density at radius 1 is 1.16 bits per heavy atom. The van der Waals surface area contributed by atoms with Crippen LogP contribution in [0.3, 0.4) is 0 Å². The van der Waals surface area contributed by atoms with Gasteiger partial charge in [-0.15, -0.1) is 0 Å². The third kappa shape index (κ3) is 4.07. The minimum Gasteiger partial charge on any atom is -0.497 e. The molecule has 1 aromatic heterocycles. The molecule has 5 heteroatoms. The first kappa shape index (κ1) is 16.8. The van der Waals surface area contributed by atoms with E-state index in [0.717, 1.165) is 29.0 Å². The zero-order valence-electron chi connectivity index (χ0n) is 14.3. The second-order valence-electron chi connectivity index (χ2n) is 5.65. The molecule has 0 bridgehead atoms. The normalized spacial score (nSPS) is 10.5. The fraction of sp³-hybridized carbons (Fsp3) is 0.200. The maximum Gasteiger partial charge on any atom is 0.230 e. The number of benzene rings is 2. The van der Waals surface area contributed by atoms with Crippen LogP contribution in [0.15, 0.2) is 59.1 Å². The quantitative estimate of drug-likeness (QED) is 0.736. The number of carbonyl (C=O) groups excluding carboxylic acids is 1. The number of methoxy groups -OCH3 is 1. The van der Waals surface area contributed by atoms with Gasteiger partial charge in [0.2, 0.25) is 5.91 Å². The predicted molar refractivity (Wildman–Crippen MR) is 96.6 cm³/mol. The molecule has 0 aliphatic rings. The van der Waals surface area contributed by atoms with E-state index in [1.54, 1.807) is 13.2 Å². The van der Waals surface area contributed by atoms with Gasteiger partial charge in [-0.05, 0) is 42.3 Å². The summed E-state index contributed by atoms with van der Waals surface area (Å²) in [5, 5.41) is 6.93. The first-order chi connectivity index (χ1) is 12.2. The van der Waals surface area contributed by atoms with Crippen LogP contribution in [0.25, 0.3) is 11.3 Å². The number of amides is 1. The molecule has 128 valence electrons. The molecule has 0 aliphatic heterocycles. The number of hydrogen-bond donors (Lipinski definition) is 1. The summed E-state index contributed by atoms with van der Waals surface area (Å²) in [6, 6.07) is 17.1. The molecule has 0 fully saturated rings. The molecular formula is C20H20N2O3. The molecule has 0 saturated heterocycles. The number of rotatable bonds is 6. The zero-order valence-corrected chi connectivity index (χ0v) is 14.3. The van der Waals surface area contributed by atoms with Gasteiger partial charge in [0.15, 0.2) is 5.76 Å². The Hall–Kier alpha value is -3.08. The molecule has 1 amide bonds. The van der Waals surface area contributed by atoms with Crippen LogP contribution in [0, 0.1) is 0 Å². The molecule has 0 unspecified atom stereocenters. The molecule has 25 heavy (non-hydrogen) atoms. The molecule has 1 heterocycles. The van der Waals surface area contributed by atoms with Crippen LogP contribution in [-0.4, -0.2) is 18.2 Å². The van der Waals surface area contributed by atoms with E-state index in [1.165, 1.54) is 0 Å². The van der Waals surface area contributed by atoms with Gasteiger partial charge in [0.1, 0.15) is 5.75 Å². The molecule has 3 aromatic rings. The van der Waals surface area contributed by atoms with Crippen molar-refractivity contribution in [2.75, 3.05) is 12.4 Å². The van der Waals surface area contributed by atoms with Gasteiger partial charge >= 0.3 is 0 Å². The topological polar surface area (TPSA) is 64.4 Å². The molecule has 5 nitrogen and oxygen atoms in total. The van der Waals surface area contributed by atoms with E-state index in [-0.39, 0.29) is 12.3 Å². The summed E-state index contributed by atoms with van der Waals surface area (Å²) in [7, 11) is 1.62. The van der Waals surface area contributed by atoms with Crippen LogP contribution in [0.2, 0.25) is 0 Å². The Balaban J connectivity index is 1.67. The number of nitrogens with zero attached hydrogens (tertiary/aromatic N) is 1. The van der Waals surface area contributed by atoms with Crippen molar-refractivity contribution in [2.24, 2.45) is 0 Å². The van der Waals surface area contributed by atoms with Gasteiger partial charge in [-0.25, -0.2) is 0 Å². The van der Waals surface area contributed by atoms with Crippen molar-refractivity contribution < 1.29 is 14.1 Å². The van der Waals surface area contributed by atoms with Crippen molar-refractivity contribution in [3.05, 3.63) is 65.9 Å². The van der Waals surface area contributed by atoms with Gasteiger partial charge in [-0.2, -0.15) is 0 Å². The van der Waals surface area contributed by atoms with Crippen molar-refractivity contribution in [1.29, 1.82) is 0 Å². The Labute approximate surface area is 146 Å². The number of anilines is 1. The lowest BCUT2D eigenvalue weighted by Gasteiger charge is -2.08. The van der Waals surface area contributed by atoms with E-state index in [9.17, 15) is 4.79 Å². The number of hydrogen-bond acceptors (Lipinski definition) is 4. The van der Waals surface area contributed by atoms with Gasteiger partial charge in [0.05, 0.1) is 19.2 Å². The van der Waals surface area contributed by atoms with E-state index in [2.05, 4.69) is 17.4 Å². The smallest absolute Gasteiger partial charge is 0.230 e. The molecule has 1 N–H and O–H groups in total. The Kier molecular flexibility index (Phi) is 5.14. The fourth-order valence-electron chi connectivity index (χ4n) is 2.60. The minimum absolute atomic E-state index is 0.115. The number of carbonyl (C=O) groups is 1. The van der Waals surface area contributed by atoms with Crippen LogP contribution in [0.4, 0.5) is 5.69 Å². The van der Waals surface area contributed by atoms with Crippen LogP contribution in [0.1, 0.15) is 18.2 Å². The first-order valence-corrected chi connectivity index (χ1v) is 8.17. The molecule has 0 aliphatic carbocycles. The average molecular weight is 336 g/mol. The summed E-state index contributed by atoms with van der Waals surface area (Å²) in [5.41, 5.74) is 3.43. The largest absolute Gasteiger partial charge is 0.497 e. The highest BCUT2D eigenvalue weighted by Crippen LogP contribution is 2.23. The average Bonchev–Trinajstić information content (AvgIpc) is 3.10. The molecule has 0 spiro atoms. The second-order valence-corrected chi connectivity index (χ2v) is 5.65. The maximum atomic E-state index is 12.3. The fourth-order valence-corrected chi connectivity index (χ4v) is 2.60. The highest BCUT2D eigenvalue weighted by molar-refractivity contribution is 5.92. The molecule has 3 rings (SSSR count). The van der Waals surface area contributed by atoms with Crippen molar-refractivity contribution >= 4 is 11.6 Å². The Morgan fingerprint density at radius 3 is 2.64 bits per heavy atom. The van der Waals surface area contributed by atoms with E-state index in [4.69, 9.17) is 9.26 Å². The van der Waals surface area contributed by atoms with Crippen molar-refractivity contribution in [3.63, 3.8) is 0 Å². The minimum atomic E-state index is -0.115. The van der Waals surface area contributed by atoms with Gasteiger partial charge in [0, 0.05) is 17.3 Å². The number of aryl methyl sites for hydroxylation is 1. The van der Waals surface area contributed by atoms with Gasteiger partial charge in [0.25, 0.3) is 0 Å². The Bertz CT molecular complexity index is 853. The van der Waals surface area contributed by atoms with Gasteiger partial charge < -0.3 is 14.6 Å². The lowest BCUT2D eigenvalue weighted by Crippen LogP contribution is -2.15. The highest BCUT2D eigenvalue weighted by atomic mass is 16.5. The summed E-state index contributed by atoms with van der Waals surface area (Å²) >= 11 is 0. The van der Waals surface area contributed by atoms with E-state index in [1.807, 2.05) is 48.5 Å². The van der Waals surface area contributed by atoms with E-state index >= 15 is 0 Å². The summed E-state index contributed by atoms with van der Waals surface area (Å²) in [6.45, 7) is 2.06. The highest BCUT2D eigenvalue weighted by Gasteiger charge is 2.12. The van der Waals surface area contributed by atoms with Crippen LogP contribution < -0.4 is 10.1 Å². The summed E-state index contributed by atoms with van der Waals surface area (Å²) in [6.07, 6.45) is 1.03. The third-order valence-corrected chi connectivity index (χ3v) is 3.95. The number of ether oxygens (including phenoxy) is 1. The third-order valence-electron chi connectivity index (χ3n) is 3.95. The van der Waals surface area contributed by atoms with Crippen molar-refractivity contribution in [3.8, 4) is 17.1 Å². The predicted octanol–water partition coefficient (Wildman–Crippen LogP) is 4.09. The van der Waals surface area contributed by atoms with Gasteiger partial charge in [-0.3, -0.25) is 4.79 Å². The van der Waals surface area contributed by atoms with E-state index in [0.29, 0.717) is 11.5 Å².